The first-order valence-electron chi connectivity index (χ1n) is 7.05. The van der Waals surface area contributed by atoms with Gasteiger partial charge in [0.25, 0.3) is 0 Å². The van der Waals surface area contributed by atoms with E-state index in [0.29, 0.717) is 25.7 Å². The van der Waals surface area contributed by atoms with Crippen molar-refractivity contribution < 1.29 is 9.47 Å². The molecule has 19 heavy (non-hydrogen) atoms. The highest BCUT2D eigenvalue weighted by molar-refractivity contribution is 5.43. The summed E-state index contributed by atoms with van der Waals surface area (Å²) in [5.74, 6) is 1.65. The van der Waals surface area contributed by atoms with Crippen molar-refractivity contribution >= 4 is 0 Å². The largest absolute Gasteiger partial charge is 0.491 e. The Hall–Kier alpha value is -1.06. The van der Waals surface area contributed by atoms with Gasteiger partial charge >= 0.3 is 0 Å². The summed E-state index contributed by atoms with van der Waals surface area (Å²) in [5, 5.41) is 0. The van der Waals surface area contributed by atoms with Crippen LogP contribution >= 0.6 is 0 Å². The molecule has 0 saturated carbocycles. The second-order valence-corrected chi connectivity index (χ2v) is 5.41. The average Bonchev–Trinajstić information content (AvgIpc) is 2.35. The third-order valence-corrected chi connectivity index (χ3v) is 3.07. The van der Waals surface area contributed by atoms with Crippen molar-refractivity contribution in [1.29, 1.82) is 0 Å². The van der Waals surface area contributed by atoms with Crippen molar-refractivity contribution in [1.82, 2.24) is 0 Å². The molecule has 0 saturated heterocycles. The van der Waals surface area contributed by atoms with Gasteiger partial charge in [0, 0.05) is 13.2 Å². The molecule has 108 valence electrons. The Labute approximate surface area is 117 Å². The fraction of sp³-hybridized carbons (Fsp3) is 0.625. The van der Waals surface area contributed by atoms with E-state index in [1.807, 2.05) is 0 Å². The van der Waals surface area contributed by atoms with Crippen molar-refractivity contribution in [2.24, 2.45) is 11.7 Å². The van der Waals surface area contributed by atoms with Gasteiger partial charge in [0.15, 0.2) is 0 Å². The van der Waals surface area contributed by atoms with Crippen LogP contribution in [0.1, 0.15) is 37.0 Å². The maximum absolute atomic E-state index is 5.81. The lowest BCUT2D eigenvalue weighted by Crippen LogP contribution is -2.10. The Morgan fingerprint density at radius 3 is 2.21 bits per heavy atom. The summed E-state index contributed by atoms with van der Waals surface area (Å²) in [6.45, 7) is 11.1. The van der Waals surface area contributed by atoms with E-state index in [-0.39, 0.29) is 0 Å². The van der Waals surface area contributed by atoms with E-state index in [9.17, 15) is 0 Å². The first-order valence-corrected chi connectivity index (χ1v) is 7.05. The van der Waals surface area contributed by atoms with E-state index in [0.717, 1.165) is 35.5 Å². The van der Waals surface area contributed by atoms with Gasteiger partial charge in [0.1, 0.15) is 12.4 Å². The van der Waals surface area contributed by atoms with Crippen molar-refractivity contribution in [2.45, 2.75) is 40.7 Å². The molecule has 0 fully saturated rings. The zero-order valence-electron chi connectivity index (χ0n) is 12.7. The molecule has 3 nitrogen and oxygen atoms in total. The molecule has 0 unspecified atom stereocenters. The number of hydrogen-bond acceptors (Lipinski definition) is 3. The lowest BCUT2D eigenvalue weighted by Gasteiger charge is -2.14. The van der Waals surface area contributed by atoms with Crippen LogP contribution in [0.5, 0.6) is 5.75 Å². The van der Waals surface area contributed by atoms with Crippen LogP contribution in [0.15, 0.2) is 12.1 Å². The molecule has 0 aliphatic carbocycles. The minimum Gasteiger partial charge on any atom is -0.491 e. The Morgan fingerprint density at radius 2 is 1.68 bits per heavy atom. The van der Waals surface area contributed by atoms with E-state index in [1.54, 1.807) is 0 Å². The normalized spacial score (nSPS) is 11.1. The Bertz CT molecular complexity index is 365. The molecule has 0 atom stereocenters. The van der Waals surface area contributed by atoms with Crippen molar-refractivity contribution in [2.75, 3.05) is 19.8 Å². The quantitative estimate of drug-likeness (QED) is 0.734. The van der Waals surface area contributed by atoms with Crippen LogP contribution in [0.25, 0.3) is 0 Å². The van der Waals surface area contributed by atoms with E-state index in [4.69, 9.17) is 15.2 Å². The van der Waals surface area contributed by atoms with Crippen LogP contribution < -0.4 is 10.5 Å². The SMILES string of the molecule is Cc1cc(CN)cc(C)c1OCCOCCC(C)C. The van der Waals surface area contributed by atoms with Crippen molar-refractivity contribution in [3.05, 3.63) is 28.8 Å². The topological polar surface area (TPSA) is 44.5 Å². The first kappa shape index (κ1) is 16.0. The number of nitrogens with two attached hydrogens (primary N) is 1. The maximum Gasteiger partial charge on any atom is 0.125 e. The van der Waals surface area contributed by atoms with Crippen LogP contribution in [0.2, 0.25) is 0 Å². The van der Waals surface area contributed by atoms with Gasteiger partial charge in [-0.05, 0) is 42.9 Å². The van der Waals surface area contributed by atoms with Crippen LogP contribution in [0.3, 0.4) is 0 Å². The van der Waals surface area contributed by atoms with Gasteiger partial charge in [-0.25, -0.2) is 0 Å². The van der Waals surface area contributed by atoms with Gasteiger partial charge in [-0.3, -0.25) is 0 Å². The van der Waals surface area contributed by atoms with E-state index in [2.05, 4.69) is 39.8 Å². The molecule has 2 N–H and O–H groups in total. The number of hydrogen-bond donors (Lipinski definition) is 1. The van der Waals surface area contributed by atoms with Gasteiger partial charge in [-0.15, -0.1) is 0 Å². The molecule has 0 amide bonds. The summed E-state index contributed by atoms with van der Waals surface area (Å²) in [6, 6.07) is 4.17. The van der Waals surface area contributed by atoms with Gasteiger partial charge in [0.05, 0.1) is 6.61 Å². The van der Waals surface area contributed by atoms with Crippen LogP contribution in [-0.2, 0) is 11.3 Å². The Balaban J connectivity index is 2.37. The van der Waals surface area contributed by atoms with Crippen LogP contribution in [0, 0.1) is 19.8 Å². The van der Waals surface area contributed by atoms with E-state index in [1.165, 1.54) is 0 Å². The molecule has 0 bridgehead atoms. The zero-order chi connectivity index (χ0) is 14.3. The molecule has 0 aliphatic rings. The van der Waals surface area contributed by atoms with Gasteiger partial charge in [0.2, 0.25) is 0 Å². The molecule has 0 heterocycles. The lowest BCUT2D eigenvalue weighted by molar-refractivity contribution is 0.0921. The summed E-state index contributed by atoms with van der Waals surface area (Å²) in [5.41, 5.74) is 9.09. The van der Waals surface area contributed by atoms with Gasteiger partial charge in [-0.1, -0.05) is 26.0 Å². The third kappa shape index (κ3) is 5.62. The summed E-state index contributed by atoms with van der Waals surface area (Å²) in [4.78, 5) is 0. The smallest absolute Gasteiger partial charge is 0.125 e. The maximum atomic E-state index is 5.81. The van der Waals surface area contributed by atoms with Crippen molar-refractivity contribution in [3.63, 3.8) is 0 Å². The molecule has 1 aromatic rings. The van der Waals surface area contributed by atoms with E-state index >= 15 is 0 Å². The predicted molar refractivity (Wildman–Crippen MR) is 79.6 cm³/mol. The minimum absolute atomic E-state index is 0.570. The zero-order valence-corrected chi connectivity index (χ0v) is 12.7. The highest BCUT2D eigenvalue weighted by atomic mass is 16.5. The summed E-state index contributed by atoms with van der Waals surface area (Å²) in [6.07, 6.45) is 1.10. The standard InChI is InChI=1S/C16H27NO2/c1-12(2)5-6-18-7-8-19-16-13(3)9-15(11-17)10-14(16)4/h9-10,12H,5-8,11,17H2,1-4H3. The van der Waals surface area contributed by atoms with Crippen LogP contribution in [0.4, 0.5) is 0 Å². The highest BCUT2D eigenvalue weighted by Crippen LogP contribution is 2.24. The fourth-order valence-electron chi connectivity index (χ4n) is 2.01. The summed E-state index contributed by atoms with van der Waals surface area (Å²) < 4.78 is 11.4. The first-order chi connectivity index (χ1) is 9.04. The van der Waals surface area contributed by atoms with Gasteiger partial charge in [-0.2, -0.15) is 0 Å². The molecular weight excluding hydrogens is 238 g/mol. The molecule has 3 heteroatoms. The lowest BCUT2D eigenvalue weighted by atomic mass is 10.1. The van der Waals surface area contributed by atoms with Gasteiger partial charge < -0.3 is 15.2 Å². The second kappa shape index (κ2) is 8.18. The molecule has 0 radical (unpaired) electrons. The molecule has 0 spiro atoms. The number of benzene rings is 1. The highest BCUT2D eigenvalue weighted by Gasteiger charge is 2.05. The molecule has 1 aromatic carbocycles. The van der Waals surface area contributed by atoms with Crippen LogP contribution in [-0.4, -0.2) is 19.8 Å². The summed E-state index contributed by atoms with van der Waals surface area (Å²) >= 11 is 0. The number of aryl methyl sites for hydroxylation is 2. The summed E-state index contributed by atoms with van der Waals surface area (Å²) in [7, 11) is 0. The average molecular weight is 265 g/mol. The molecule has 0 aliphatic heterocycles. The Kier molecular flexibility index (Phi) is 6.89. The minimum atomic E-state index is 0.570. The molecule has 1 rings (SSSR count). The number of ether oxygens (including phenoxy) is 2. The Morgan fingerprint density at radius 1 is 1.05 bits per heavy atom. The number of rotatable bonds is 8. The third-order valence-electron chi connectivity index (χ3n) is 3.07. The predicted octanol–water partition coefficient (Wildman–Crippen LogP) is 3.20. The van der Waals surface area contributed by atoms with Crippen molar-refractivity contribution in [3.8, 4) is 5.75 Å². The monoisotopic (exact) mass is 265 g/mol. The molecular formula is C16H27NO2. The molecule has 0 aromatic heterocycles. The van der Waals surface area contributed by atoms with E-state index < -0.39 is 0 Å². The second-order valence-electron chi connectivity index (χ2n) is 5.41. The fourth-order valence-corrected chi connectivity index (χ4v) is 2.01.